The van der Waals surface area contributed by atoms with Crippen LogP contribution in [0.25, 0.3) is 10.9 Å². The Morgan fingerprint density at radius 2 is 2.06 bits per heavy atom. The van der Waals surface area contributed by atoms with Crippen molar-refractivity contribution in [3.05, 3.63) is 37.2 Å². The summed E-state index contributed by atoms with van der Waals surface area (Å²) in [5, 5.41) is 1.04. The highest BCUT2D eigenvalue weighted by atomic mass is 16.5. The highest BCUT2D eigenvalue weighted by Crippen LogP contribution is 2.30. The quantitative estimate of drug-likeness (QED) is 0.330. The molecule has 2 aromatic rings. The molecule has 0 N–H and O–H groups in total. The standard InChI is InChI=1S/C26H40N4O/c1-5-7-8-9-10-15-30-17-14-22(21(6-2)19-30)13-16-29(3)26-24-18-23(31-4)11-12-25(24)27-20-28-26/h6,11-12,18,20-22H,2,5,7-10,13-17,19H2,1,3-4H3/t21-,22+/m0/s1. The lowest BCUT2D eigenvalue weighted by Crippen LogP contribution is -2.41. The summed E-state index contributed by atoms with van der Waals surface area (Å²) in [7, 11) is 3.83. The lowest BCUT2D eigenvalue weighted by molar-refractivity contribution is 0.138. The van der Waals surface area contributed by atoms with Crippen LogP contribution in [0.1, 0.15) is 51.9 Å². The second kappa shape index (κ2) is 12.0. The maximum Gasteiger partial charge on any atom is 0.139 e. The highest BCUT2D eigenvalue weighted by Gasteiger charge is 2.27. The van der Waals surface area contributed by atoms with Crippen LogP contribution < -0.4 is 9.64 Å². The van der Waals surface area contributed by atoms with Gasteiger partial charge in [0.1, 0.15) is 17.9 Å². The monoisotopic (exact) mass is 424 g/mol. The first-order valence-corrected chi connectivity index (χ1v) is 12.0. The number of hydrogen-bond acceptors (Lipinski definition) is 5. The van der Waals surface area contributed by atoms with E-state index in [0.29, 0.717) is 11.8 Å². The molecular formula is C26H40N4O. The minimum Gasteiger partial charge on any atom is -0.497 e. The van der Waals surface area contributed by atoms with Crippen molar-refractivity contribution in [1.29, 1.82) is 0 Å². The zero-order valence-corrected chi connectivity index (χ0v) is 19.7. The van der Waals surface area contributed by atoms with E-state index < -0.39 is 0 Å². The molecule has 1 fully saturated rings. The maximum atomic E-state index is 5.41. The van der Waals surface area contributed by atoms with Crippen LogP contribution in [0.5, 0.6) is 5.75 Å². The number of unbranched alkanes of at least 4 members (excludes halogenated alkanes) is 4. The normalized spacial score (nSPS) is 19.5. The van der Waals surface area contributed by atoms with Crippen molar-refractivity contribution >= 4 is 16.7 Å². The van der Waals surface area contributed by atoms with E-state index in [9.17, 15) is 0 Å². The first-order chi connectivity index (χ1) is 15.2. The Morgan fingerprint density at radius 3 is 2.84 bits per heavy atom. The van der Waals surface area contributed by atoms with Gasteiger partial charge in [0.25, 0.3) is 0 Å². The number of aromatic nitrogens is 2. The van der Waals surface area contributed by atoms with Crippen LogP contribution in [0, 0.1) is 11.8 Å². The van der Waals surface area contributed by atoms with Gasteiger partial charge >= 0.3 is 0 Å². The van der Waals surface area contributed by atoms with Crippen LogP contribution in [0.15, 0.2) is 37.2 Å². The Balaban J connectivity index is 1.54. The number of nitrogens with zero attached hydrogens (tertiary/aromatic N) is 4. The molecule has 170 valence electrons. The summed E-state index contributed by atoms with van der Waals surface area (Å²) in [6.07, 6.45) is 13.1. The van der Waals surface area contributed by atoms with Gasteiger partial charge in [-0.05, 0) is 62.4 Å². The van der Waals surface area contributed by atoms with Gasteiger partial charge in [0.2, 0.25) is 0 Å². The van der Waals surface area contributed by atoms with Gasteiger partial charge in [0.05, 0.1) is 12.6 Å². The molecular weight excluding hydrogens is 384 g/mol. The first kappa shape index (κ1) is 23.5. The number of anilines is 1. The number of methoxy groups -OCH3 is 1. The fourth-order valence-corrected chi connectivity index (χ4v) is 4.79. The first-order valence-electron chi connectivity index (χ1n) is 12.0. The van der Waals surface area contributed by atoms with Crippen LogP contribution in [0.3, 0.4) is 0 Å². The molecule has 1 aromatic heterocycles. The second-order valence-electron chi connectivity index (χ2n) is 8.95. The molecule has 0 amide bonds. The van der Waals surface area contributed by atoms with Crippen molar-refractivity contribution in [3.8, 4) is 5.75 Å². The van der Waals surface area contributed by atoms with Crippen LogP contribution >= 0.6 is 0 Å². The third kappa shape index (κ3) is 6.42. The molecule has 0 saturated carbocycles. The van der Waals surface area contributed by atoms with Crippen LogP contribution in [-0.2, 0) is 0 Å². The van der Waals surface area contributed by atoms with Crippen molar-refractivity contribution in [1.82, 2.24) is 14.9 Å². The van der Waals surface area contributed by atoms with Gasteiger partial charge in [0.15, 0.2) is 0 Å². The number of hydrogen-bond donors (Lipinski definition) is 0. The zero-order chi connectivity index (χ0) is 22.1. The number of rotatable bonds is 12. The van der Waals surface area contributed by atoms with Gasteiger partial charge in [-0.1, -0.05) is 38.7 Å². The molecule has 5 nitrogen and oxygen atoms in total. The van der Waals surface area contributed by atoms with Gasteiger partial charge < -0.3 is 14.5 Å². The molecule has 1 aliphatic heterocycles. The molecule has 0 spiro atoms. The van der Waals surface area contributed by atoms with Crippen molar-refractivity contribution in [2.24, 2.45) is 11.8 Å². The maximum absolute atomic E-state index is 5.41. The predicted octanol–water partition coefficient (Wildman–Crippen LogP) is 5.56. The van der Waals surface area contributed by atoms with Crippen molar-refractivity contribution < 1.29 is 4.74 Å². The Morgan fingerprint density at radius 1 is 1.23 bits per heavy atom. The molecule has 2 atom stereocenters. The van der Waals surface area contributed by atoms with Gasteiger partial charge in [-0.15, -0.1) is 6.58 Å². The average Bonchev–Trinajstić information content (AvgIpc) is 2.81. The number of ether oxygens (including phenoxy) is 1. The second-order valence-corrected chi connectivity index (χ2v) is 8.95. The Hall–Kier alpha value is -2.14. The SMILES string of the molecule is C=C[C@H]1CN(CCCCCCC)CC[C@H]1CCN(C)c1ncnc2ccc(OC)cc12. The van der Waals surface area contributed by atoms with Crippen molar-refractivity contribution in [2.45, 2.75) is 51.9 Å². The van der Waals surface area contributed by atoms with Gasteiger partial charge in [-0.3, -0.25) is 0 Å². The molecule has 1 aliphatic rings. The Labute approximate surface area is 188 Å². The number of fused-ring (bicyclic) bond motifs is 1. The molecule has 0 unspecified atom stereocenters. The number of likely N-dealkylation sites (tertiary alicyclic amines) is 1. The molecule has 3 rings (SSSR count). The topological polar surface area (TPSA) is 41.5 Å². The summed E-state index contributed by atoms with van der Waals surface area (Å²) >= 11 is 0. The van der Waals surface area contributed by atoms with E-state index in [0.717, 1.165) is 35.4 Å². The smallest absolute Gasteiger partial charge is 0.139 e. The van der Waals surface area contributed by atoms with Gasteiger partial charge in [-0.25, -0.2) is 9.97 Å². The minimum atomic E-state index is 0.583. The molecule has 31 heavy (non-hydrogen) atoms. The molecule has 5 heteroatoms. The molecule has 0 aliphatic carbocycles. The molecule has 1 aromatic carbocycles. The third-order valence-electron chi connectivity index (χ3n) is 6.79. The summed E-state index contributed by atoms with van der Waals surface area (Å²) < 4.78 is 5.41. The van der Waals surface area contributed by atoms with E-state index in [4.69, 9.17) is 4.74 Å². The van der Waals surface area contributed by atoms with Crippen molar-refractivity contribution in [3.63, 3.8) is 0 Å². The minimum absolute atomic E-state index is 0.583. The van der Waals surface area contributed by atoms with E-state index in [2.05, 4.69) is 46.4 Å². The van der Waals surface area contributed by atoms with E-state index in [1.807, 2.05) is 18.2 Å². The largest absolute Gasteiger partial charge is 0.497 e. The highest BCUT2D eigenvalue weighted by molar-refractivity contribution is 5.90. The number of piperidine rings is 1. The molecule has 0 radical (unpaired) electrons. The summed E-state index contributed by atoms with van der Waals surface area (Å²) in [6.45, 7) is 11.1. The molecule has 1 saturated heterocycles. The van der Waals surface area contributed by atoms with E-state index in [1.54, 1.807) is 13.4 Å². The third-order valence-corrected chi connectivity index (χ3v) is 6.79. The average molecular weight is 425 g/mol. The summed E-state index contributed by atoms with van der Waals surface area (Å²) in [6, 6.07) is 5.98. The summed E-state index contributed by atoms with van der Waals surface area (Å²) in [5.74, 6) is 3.09. The Bertz CT molecular complexity index is 824. The van der Waals surface area contributed by atoms with E-state index >= 15 is 0 Å². The summed E-state index contributed by atoms with van der Waals surface area (Å²) in [5.41, 5.74) is 0.953. The fourth-order valence-electron chi connectivity index (χ4n) is 4.79. The van der Waals surface area contributed by atoms with Crippen molar-refractivity contribution in [2.75, 3.05) is 45.2 Å². The summed E-state index contributed by atoms with van der Waals surface area (Å²) in [4.78, 5) is 13.9. The fraction of sp³-hybridized carbons (Fsp3) is 0.615. The van der Waals surface area contributed by atoms with Gasteiger partial charge in [0, 0.05) is 25.5 Å². The van der Waals surface area contributed by atoms with Crippen LogP contribution in [0.2, 0.25) is 0 Å². The zero-order valence-electron chi connectivity index (χ0n) is 19.7. The lowest BCUT2D eigenvalue weighted by Gasteiger charge is -2.38. The predicted molar refractivity (Wildman–Crippen MR) is 131 cm³/mol. The van der Waals surface area contributed by atoms with E-state index in [1.165, 1.54) is 58.2 Å². The molecule has 2 heterocycles. The van der Waals surface area contributed by atoms with E-state index in [-0.39, 0.29) is 0 Å². The number of benzene rings is 1. The Kier molecular flexibility index (Phi) is 9.13. The lowest BCUT2D eigenvalue weighted by atomic mass is 9.83. The van der Waals surface area contributed by atoms with Crippen LogP contribution in [-0.4, -0.2) is 55.2 Å². The van der Waals surface area contributed by atoms with Gasteiger partial charge in [-0.2, -0.15) is 0 Å². The van der Waals surface area contributed by atoms with Crippen LogP contribution in [0.4, 0.5) is 5.82 Å². The molecule has 0 bridgehead atoms.